The van der Waals surface area contributed by atoms with E-state index >= 15 is 0 Å². The number of benzene rings is 2. The predicted octanol–water partition coefficient (Wildman–Crippen LogP) is 7.13. The van der Waals surface area contributed by atoms with Gasteiger partial charge in [-0.15, -0.1) is 30.4 Å². The summed E-state index contributed by atoms with van der Waals surface area (Å²) in [7, 11) is 0. The third kappa shape index (κ3) is 11.3. The monoisotopic (exact) mass is 474 g/mol. The van der Waals surface area contributed by atoms with Crippen LogP contribution in [0.3, 0.4) is 0 Å². The van der Waals surface area contributed by atoms with E-state index in [9.17, 15) is 0 Å². The quantitative estimate of drug-likeness (QED) is 0.187. The van der Waals surface area contributed by atoms with Gasteiger partial charge in [-0.25, -0.2) is 12.1 Å². The zero-order valence-corrected chi connectivity index (χ0v) is 20.1. The number of fused-ring (bicyclic) bond motifs is 3. The van der Waals surface area contributed by atoms with Gasteiger partial charge in [0.1, 0.15) is 0 Å². The molecule has 0 radical (unpaired) electrons. The van der Waals surface area contributed by atoms with Crippen molar-refractivity contribution in [2.75, 3.05) is 0 Å². The second-order valence-electron chi connectivity index (χ2n) is 5.86. The van der Waals surface area contributed by atoms with Gasteiger partial charge in [0.2, 0.25) is 0 Å². The molecule has 140 valence electrons. The van der Waals surface area contributed by atoms with E-state index < -0.39 is 0 Å². The van der Waals surface area contributed by atoms with Gasteiger partial charge in [0.05, 0.1) is 0 Å². The first-order chi connectivity index (χ1) is 11.7. The van der Waals surface area contributed by atoms with Gasteiger partial charge < -0.3 is 18.8 Å². The molecule has 0 unspecified atom stereocenters. The topological polar surface area (TPSA) is 0 Å². The summed E-state index contributed by atoms with van der Waals surface area (Å²) in [6.45, 7) is 6.25. The molecule has 3 aromatic carbocycles. The fourth-order valence-electron chi connectivity index (χ4n) is 2.32. The molecule has 3 heteroatoms. The van der Waals surface area contributed by atoms with Crippen LogP contribution in [0.2, 0.25) is 0 Å². The van der Waals surface area contributed by atoms with E-state index in [0.29, 0.717) is 0 Å². The Morgan fingerprint density at radius 1 is 0.889 bits per heavy atom. The summed E-state index contributed by atoms with van der Waals surface area (Å²) in [4.78, 5) is 0. The second kappa shape index (κ2) is 18.2. The number of terminal acetylenes is 1. The molecule has 0 saturated heterocycles. The van der Waals surface area contributed by atoms with Crippen molar-refractivity contribution in [1.82, 2.24) is 0 Å². The van der Waals surface area contributed by atoms with E-state index in [-0.39, 0.29) is 51.0 Å². The zero-order chi connectivity index (χ0) is 17.8. The number of halogens is 2. The van der Waals surface area contributed by atoms with Crippen LogP contribution in [0.15, 0.2) is 72.8 Å². The summed E-state index contributed by atoms with van der Waals surface area (Å²) >= 11 is 0. The fourth-order valence-corrected chi connectivity index (χ4v) is 2.32. The minimum Gasteiger partial charge on any atom is -0.697 e. The summed E-state index contributed by atoms with van der Waals surface area (Å²) in [5.41, 5.74) is 5.51. The van der Waals surface area contributed by atoms with Gasteiger partial charge in [-0.05, 0) is 6.42 Å². The molecule has 0 nitrogen and oxygen atoms in total. The molecule has 0 aliphatic heterocycles. The van der Waals surface area contributed by atoms with Crippen molar-refractivity contribution in [3.8, 4) is 17.6 Å². The van der Waals surface area contributed by atoms with Crippen LogP contribution in [0.1, 0.15) is 31.9 Å². The van der Waals surface area contributed by atoms with Gasteiger partial charge in [-0.1, -0.05) is 35.4 Å². The van der Waals surface area contributed by atoms with Gasteiger partial charge in [-0.2, -0.15) is 68.8 Å². The van der Waals surface area contributed by atoms with Crippen LogP contribution in [-0.4, -0.2) is 0 Å². The molecule has 0 fully saturated rings. The normalized spacial score (nSPS) is 8.81. The van der Waals surface area contributed by atoms with E-state index in [0.717, 1.165) is 6.42 Å². The second-order valence-corrected chi connectivity index (χ2v) is 5.86. The minimum absolute atomic E-state index is 0. The van der Waals surface area contributed by atoms with Crippen LogP contribution < -0.4 is 0 Å². The molecule has 0 N–H and O–H groups in total. The molecule has 4 rings (SSSR count). The van der Waals surface area contributed by atoms with Crippen LogP contribution in [-0.2, 0) is 32.6 Å². The summed E-state index contributed by atoms with van der Waals surface area (Å²) < 4.78 is 0. The van der Waals surface area contributed by atoms with Crippen LogP contribution in [0.25, 0.3) is 11.1 Å². The standard InChI is InChI=1S/C13H9.C5H5.C4H9.C2H.2ClH.Zr/c1-3-7-12-10(5-1)9-11-6-2-4-8-13(11)12;1-2-4-5-3-1;1-4(2)3;1-2;;;/h1-5,7-8H,9H2;1-5H;1-3H3;1H;2*1H;/q4*-1;;;+4. The van der Waals surface area contributed by atoms with Crippen LogP contribution in [0.5, 0.6) is 0 Å². The first-order valence-corrected chi connectivity index (χ1v) is 7.98. The maximum Gasteiger partial charge on any atom is 4.00 e. The summed E-state index contributed by atoms with van der Waals surface area (Å²) in [6, 6.07) is 28.1. The van der Waals surface area contributed by atoms with E-state index in [4.69, 9.17) is 6.42 Å². The van der Waals surface area contributed by atoms with Crippen molar-refractivity contribution in [1.29, 1.82) is 0 Å². The number of hydrogen-bond donors (Lipinski definition) is 0. The molecule has 27 heavy (non-hydrogen) atoms. The van der Waals surface area contributed by atoms with Gasteiger partial charge in [0.15, 0.2) is 0 Å². The van der Waals surface area contributed by atoms with Gasteiger partial charge >= 0.3 is 26.2 Å². The fraction of sp³-hybridized carbons (Fsp3) is 0.167. The van der Waals surface area contributed by atoms with E-state index in [2.05, 4.69) is 69.7 Å². The Kier molecular flexibility index (Phi) is 20.6. The predicted molar refractivity (Wildman–Crippen MR) is 119 cm³/mol. The van der Waals surface area contributed by atoms with Crippen molar-refractivity contribution in [2.24, 2.45) is 0 Å². The van der Waals surface area contributed by atoms with E-state index in [1.807, 2.05) is 36.4 Å². The molecule has 0 heterocycles. The molecule has 0 bridgehead atoms. The molecule has 1 aliphatic carbocycles. The van der Waals surface area contributed by atoms with Crippen molar-refractivity contribution < 1.29 is 26.2 Å². The SMILES string of the molecule is C[C-](C)C.Cl.Cl.[C-]#C.[Zr+4].[c-]1cccc2c1Cc1ccccc1-2.c1cc[cH-]c1. The maximum absolute atomic E-state index is 5.25. The Balaban J connectivity index is -0.000000353. The molecule has 1 aliphatic rings. The Bertz CT molecular complexity index is 653. The molecule has 0 spiro atoms. The van der Waals surface area contributed by atoms with Crippen molar-refractivity contribution >= 4 is 24.8 Å². The summed E-state index contributed by atoms with van der Waals surface area (Å²) in [5.74, 6) is 1.42. The maximum atomic E-state index is 5.25. The van der Waals surface area contributed by atoms with Gasteiger partial charge in [0.25, 0.3) is 0 Å². The minimum atomic E-state index is 0. The summed E-state index contributed by atoms with van der Waals surface area (Å²) in [6.07, 6.45) is 10.0. The molecule has 0 aromatic heterocycles. The molecule has 0 amide bonds. The third-order valence-corrected chi connectivity index (χ3v) is 3.17. The average molecular weight is 477 g/mol. The smallest absolute Gasteiger partial charge is 0.697 e. The Morgan fingerprint density at radius 3 is 1.93 bits per heavy atom. The number of hydrogen-bond acceptors (Lipinski definition) is 0. The van der Waals surface area contributed by atoms with Crippen molar-refractivity contribution in [2.45, 2.75) is 27.2 Å². The first kappa shape index (κ1) is 30.5. The first-order valence-electron chi connectivity index (χ1n) is 7.98. The molecular formula is C24H26Cl2Zr. The Hall–Kier alpha value is -1.19. The molecule has 3 aromatic rings. The van der Waals surface area contributed by atoms with Gasteiger partial charge in [0, 0.05) is 0 Å². The molecule has 0 atom stereocenters. The Labute approximate surface area is 197 Å². The molecule has 0 saturated carbocycles. The summed E-state index contributed by atoms with van der Waals surface area (Å²) in [5, 5.41) is 0. The van der Waals surface area contributed by atoms with Crippen LogP contribution in [0.4, 0.5) is 0 Å². The molecular weight excluding hydrogens is 450 g/mol. The zero-order valence-electron chi connectivity index (χ0n) is 16.0. The van der Waals surface area contributed by atoms with Crippen molar-refractivity contribution in [3.05, 3.63) is 102 Å². The average Bonchev–Trinajstić information content (AvgIpc) is 3.27. The van der Waals surface area contributed by atoms with Crippen molar-refractivity contribution in [3.63, 3.8) is 0 Å². The van der Waals surface area contributed by atoms with Crippen LogP contribution in [0, 0.1) is 24.8 Å². The van der Waals surface area contributed by atoms with Gasteiger partial charge in [-0.3, -0.25) is 0 Å². The van der Waals surface area contributed by atoms with E-state index in [1.165, 1.54) is 28.2 Å². The Morgan fingerprint density at radius 2 is 1.41 bits per heavy atom. The van der Waals surface area contributed by atoms with Crippen LogP contribution >= 0.6 is 24.8 Å². The largest absolute Gasteiger partial charge is 4.00 e. The van der Waals surface area contributed by atoms with E-state index in [1.54, 1.807) is 0 Å². The number of rotatable bonds is 0. The third-order valence-electron chi connectivity index (χ3n) is 3.17.